The molecule has 0 aliphatic rings. The standard InChI is InChI=1S/C23H19N3O3/c1-14-10-20-19(13-18(14)16-8-5-9-17(12-16)23(28)29)22(26-25-20)24-21(27)11-15-6-3-2-4-7-15/h2-10,12-13H,11H2,1H3,(H,28,29)(H2,24,25,26,27). The van der Waals surface area contributed by atoms with Crippen molar-refractivity contribution in [3.8, 4) is 11.1 Å². The van der Waals surface area contributed by atoms with Gasteiger partial charge in [0, 0.05) is 5.39 Å². The molecule has 0 saturated carbocycles. The number of carboxylic acids is 1. The van der Waals surface area contributed by atoms with Crippen LogP contribution in [0.4, 0.5) is 5.82 Å². The number of carbonyl (C=O) groups excluding carboxylic acids is 1. The average Bonchev–Trinajstić information content (AvgIpc) is 3.09. The maximum absolute atomic E-state index is 12.4. The number of aromatic nitrogens is 2. The largest absolute Gasteiger partial charge is 0.478 e. The van der Waals surface area contributed by atoms with Gasteiger partial charge in [-0.15, -0.1) is 0 Å². The van der Waals surface area contributed by atoms with Gasteiger partial charge >= 0.3 is 5.97 Å². The number of aryl methyl sites for hydroxylation is 1. The van der Waals surface area contributed by atoms with E-state index in [2.05, 4.69) is 15.5 Å². The number of nitrogens with one attached hydrogen (secondary N) is 2. The minimum absolute atomic E-state index is 0.153. The van der Waals surface area contributed by atoms with Gasteiger partial charge in [0.2, 0.25) is 5.91 Å². The molecule has 29 heavy (non-hydrogen) atoms. The number of benzene rings is 3. The number of carboxylic acid groups (broad SMARTS) is 1. The molecule has 0 unspecified atom stereocenters. The van der Waals surface area contributed by atoms with Crippen molar-refractivity contribution in [2.24, 2.45) is 0 Å². The van der Waals surface area contributed by atoms with Crippen molar-refractivity contribution in [3.05, 3.63) is 83.4 Å². The zero-order valence-electron chi connectivity index (χ0n) is 15.8. The van der Waals surface area contributed by atoms with Crippen LogP contribution >= 0.6 is 0 Å². The van der Waals surface area contributed by atoms with Crippen molar-refractivity contribution in [3.63, 3.8) is 0 Å². The molecule has 0 fully saturated rings. The third-order valence-electron chi connectivity index (χ3n) is 4.79. The van der Waals surface area contributed by atoms with Crippen LogP contribution in [-0.4, -0.2) is 27.2 Å². The fourth-order valence-electron chi connectivity index (χ4n) is 3.36. The maximum Gasteiger partial charge on any atom is 0.335 e. The Hall–Kier alpha value is -3.93. The number of amides is 1. The average molecular weight is 385 g/mol. The summed E-state index contributed by atoms with van der Waals surface area (Å²) in [5.74, 6) is -0.668. The molecule has 0 radical (unpaired) electrons. The van der Waals surface area contributed by atoms with Crippen molar-refractivity contribution in [1.82, 2.24) is 10.2 Å². The maximum atomic E-state index is 12.4. The molecule has 4 rings (SSSR count). The fourth-order valence-corrected chi connectivity index (χ4v) is 3.36. The first-order chi connectivity index (χ1) is 14.0. The highest BCUT2D eigenvalue weighted by molar-refractivity contribution is 6.02. The second-order valence-electron chi connectivity index (χ2n) is 6.88. The highest BCUT2D eigenvalue weighted by Crippen LogP contribution is 2.31. The molecule has 0 atom stereocenters. The number of aromatic carboxylic acids is 1. The Morgan fingerprint density at radius 1 is 1.03 bits per heavy atom. The van der Waals surface area contributed by atoms with E-state index in [0.717, 1.165) is 33.2 Å². The van der Waals surface area contributed by atoms with Gasteiger partial charge in [-0.05, 0) is 53.4 Å². The van der Waals surface area contributed by atoms with E-state index in [1.165, 1.54) is 0 Å². The molecule has 3 N–H and O–H groups in total. The zero-order chi connectivity index (χ0) is 20.4. The number of hydrogen-bond acceptors (Lipinski definition) is 3. The fraction of sp³-hybridized carbons (Fsp3) is 0.0870. The molecule has 0 spiro atoms. The Labute approximate surface area is 167 Å². The molecule has 0 saturated heterocycles. The summed E-state index contributed by atoms with van der Waals surface area (Å²) in [6, 6.07) is 20.2. The molecule has 1 amide bonds. The van der Waals surface area contributed by atoms with E-state index in [0.29, 0.717) is 5.82 Å². The van der Waals surface area contributed by atoms with E-state index < -0.39 is 5.97 Å². The molecule has 4 aromatic rings. The number of rotatable bonds is 5. The number of aromatic amines is 1. The van der Waals surface area contributed by atoms with E-state index >= 15 is 0 Å². The van der Waals surface area contributed by atoms with E-state index in [1.807, 2.05) is 55.5 Å². The second kappa shape index (κ2) is 7.59. The Balaban J connectivity index is 1.67. The molecule has 0 bridgehead atoms. The Morgan fingerprint density at radius 2 is 1.83 bits per heavy atom. The van der Waals surface area contributed by atoms with E-state index in [4.69, 9.17) is 0 Å². The normalized spacial score (nSPS) is 10.8. The summed E-state index contributed by atoms with van der Waals surface area (Å²) >= 11 is 0. The minimum atomic E-state index is -0.970. The molecule has 3 aromatic carbocycles. The highest BCUT2D eigenvalue weighted by atomic mass is 16.4. The molecular formula is C23H19N3O3. The lowest BCUT2D eigenvalue weighted by Gasteiger charge is -2.09. The molecule has 1 heterocycles. The third-order valence-corrected chi connectivity index (χ3v) is 4.79. The van der Waals surface area contributed by atoms with Crippen LogP contribution in [0.2, 0.25) is 0 Å². The van der Waals surface area contributed by atoms with Crippen LogP contribution in [0.15, 0.2) is 66.7 Å². The number of nitrogens with zero attached hydrogens (tertiary/aromatic N) is 1. The number of hydrogen-bond donors (Lipinski definition) is 3. The van der Waals surface area contributed by atoms with Crippen LogP contribution in [0, 0.1) is 6.92 Å². The quantitative estimate of drug-likeness (QED) is 0.474. The van der Waals surface area contributed by atoms with Gasteiger partial charge in [0.05, 0.1) is 17.5 Å². The minimum Gasteiger partial charge on any atom is -0.478 e. The third kappa shape index (κ3) is 3.87. The van der Waals surface area contributed by atoms with Gasteiger partial charge < -0.3 is 10.4 Å². The lowest BCUT2D eigenvalue weighted by molar-refractivity contribution is -0.115. The number of anilines is 1. The van der Waals surface area contributed by atoms with Crippen LogP contribution in [0.3, 0.4) is 0 Å². The molecule has 6 heteroatoms. The van der Waals surface area contributed by atoms with Crippen molar-refractivity contribution < 1.29 is 14.7 Å². The summed E-state index contributed by atoms with van der Waals surface area (Å²) in [5, 5.41) is 20.1. The summed E-state index contributed by atoms with van der Waals surface area (Å²) in [7, 11) is 0. The topological polar surface area (TPSA) is 95.1 Å². The first kappa shape index (κ1) is 18.4. The molecule has 1 aromatic heterocycles. The van der Waals surface area contributed by atoms with E-state index in [1.54, 1.807) is 18.2 Å². The number of H-pyrrole nitrogens is 1. The van der Waals surface area contributed by atoms with Gasteiger partial charge in [0.25, 0.3) is 0 Å². The first-order valence-corrected chi connectivity index (χ1v) is 9.17. The van der Waals surface area contributed by atoms with Crippen LogP contribution in [-0.2, 0) is 11.2 Å². The Bertz CT molecular complexity index is 1210. The number of fused-ring (bicyclic) bond motifs is 1. The molecule has 6 nitrogen and oxygen atoms in total. The van der Waals surface area contributed by atoms with Gasteiger partial charge in [-0.1, -0.05) is 42.5 Å². The summed E-state index contributed by atoms with van der Waals surface area (Å²) in [5.41, 5.74) is 4.62. The predicted molar refractivity (Wildman–Crippen MR) is 112 cm³/mol. The molecule has 0 aliphatic carbocycles. The summed E-state index contributed by atoms with van der Waals surface area (Å²) in [4.78, 5) is 23.7. The highest BCUT2D eigenvalue weighted by Gasteiger charge is 2.14. The summed E-state index contributed by atoms with van der Waals surface area (Å²) < 4.78 is 0. The van der Waals surface area contributed by atoms with Crippen LogP contribution in [0.1, 0.15) is 21.5 Å². The zero-order valence-corrected chi connectivity index (χ0v) is 15.8. The van der Waals surface area contributed by atoms with Crippen LogP contribution in [0.5, 0.6) is 0 Å². The van der Waals surface area contributed by atoms with Crippen molar-refractivity contribution in [2.75, 3.05) is 5.32 Å². The van der Waals surface area contributed by atoms with Crippen molar-refractivity contribution >= 4 is 28.6 Å². The van der Waals surface area contributed by atoms with Gasteiger partial charge in [0.15, 0.2) is 5.82 Å². The van der Waals surface area contributed by atoms with Gasteiger partial charge in [-0.25, -0.2) is 4.79 Å². The summed E-state index contributed by atoms with van der Waals surface area (Å²) in [6.07, 6.45) is 0.259. The lowest BCUT2D eigenvalue weighted by atomic mass is 9.97. The van der Waals surface area contributed by atoms with Crippen LogP contribution < -0.4 is 5.32 Å². The van der Waals surface area contributed by atoms with E-state index in [9.17, 15) is 14.7 Å². The first-order valence-electron chi connectivity index (χ1n) is 9.17. The lowest BCUT2D eigenvalue weighted by Crippen LogP contribution is -2.14. The molecular weight excluding hydrogens is 366 g/mol. The van der Waals surface area contributed by atoms with Gasteiger partial charge in [0.1, 0.15) is 0 Å². The molecule has 144 valence electrons. The van der Waals surface area contributed by atoms with Crippen LogP contribution in [0.25, 0.3) is 22.0 Å². The monoisotopic (exact) mass is 385 g/mol. The van der Waals surface area contributed by atoms with Crippen molar-refractivity contribution in [2.45, 2.75) is 13.3 Å². The molecule has 0 aliphatic heterocycles. The number of carbonyl (C=O) groups is 2. The Kier molecular flexibility index (Phi) is 4.83. The van der Waals surface area contributed by atoms with Gasteiger partial charge in [-0.3, -0.25) is 9.89 Å². The van der Waals surface area contributed by atoms with Crippen molar-refractivity contribution in [1.29, 1.82) is 0 Å². The Morgan fingerprint density at radius 3 is 2.59 bits per heavy atom. The summed E-state index contributed by atoms with van der Waals surface area (Å²) in [6.45, 7) is 1.96. The predicted octanol–water partition coefficient (Wildman–Crippen LogP) is 4.42. The smallest absolute Gasteiger partial charge is 0.335 e. The van der Waals surface area contributed by atoms with E-state index in [-0.39, 0.29) is 17.9 Å². The van der Waals surface area contributed by atoms with Gasteiger partial charge in [-0.2, -0.15) is 5.10 Å². The SMILES string of the molecule is Cc1cc2[nH]nc(NC(=O)Cc3ccccc3)c2cc1-c1cccc(C(=O)O)c1. The second-order valence-corrected chi connectivity index (χ2v) is 6.88.